The van der Waals surface area contributed by atoms with Crippen LogP contribution in [0.15, 0.2) is 82.8 Å². The minimum Gasteiger partial charge on any atom is -0.496 e. The van der Waals surface area contributed by atoms with E-state index >= 15 is 0 Å². The highest BCUT2D eigenvalue weighted by atomic mass is 32.2. The number of hydrogen-bond acceptors (Lipinski definition) is 6. The number of thioether (sulfide) groups is 1. The summed E-state index contributed by atoms with van der Waals surface area (Å²) in [4.78, 5) is 37.0. The number of carbonyl (C=O) groups is 2. The first-order valence-electron chi connectivity index (χ1n) is 11.4. The minimum atomic E-state index is -0.847. The van der Waals surface area contributed by atoms with Gasteiger partial charge in [-0.2, -0.15) is 0 Å². The van der Waals surface area contributed by atoms with Crippen molar-refractivity contribution < 1.29 is 18.7 Å². The number of nitrogens with one attached hydrogen (secondary N) is 1. The van der Waals surface area contributed by atoms with E-state index in [2.05, 4.69) is 10.3 Å². The highest BCUT2D eigenvalue weighted by Gasteiger charge is 2.42. The highest BCUT2D eigenvalue weighted by Crippen LogP contribution is 2.35. The van der Waals surface area contributed by atoms with Crippen molar-refractivity contribution in [2.24, 2.45) is 9.98 Å². The maximum Gasteiger partial charge on any atom is 0.259 e. The summed E-state index contributed by atoms with van der Waals surface area (Å²) in [5.41, 5.74) is 3.20. The Kier molecular flexibility index (Phi) is 6.81. The first-order valence-corrected chi connectivity index (χ1v) is 12.4. The van der Waals surface area contributed by atoms with Crippen LogP contribution in [0.2, 0.25) is 0 Å². The van der Waals surface area contributed by atoms with E-state index in [9.17, 15) is 14.0 Å². The average molecular weight is 503 g/mol. The number of amides is 2. The molecule has 2 heterocycles. The number of methoxy groups -OCH3 is 1. The molecule has 0 spiro atoms. The van der Waals surface area contributed by atoms with Gasteiger partial charge in [-0.1, -0.05) is 54.2 Å². The van der Waals surface area contributed by atoms with Gasteiger partial charge < -0.3 is 10.1 Å². The van der Waals surface area contributed by atoms with Crippen LogP contribution in [0.1, 0.15) is 23.1 Å². The molecule has 0 radical (unpaired) electrons. The third kappa shape index (κ3) is 4.87. The molecule has 0 aliphatic carbocycles. The smallest absolute Gasteiger partial charge is 0.259 e. The maximum absolute atomic E-state index is 13.4. The minimum absolute atomic E-state index is 0.0773. The van der Waals surface area contributed by atoms with Crippen LogP contribution in [0.3, 0.4) is 0 Å². The summed E-state index contributed by atoms with van der Waals surface area (Å²) in [6, 6.07) is 20.3. The molecule has 0 unspecified atom stereocenters. The lowest BCUT2D eigenvalue weighted by atomic mass is 10.1. The van der Waals surface area contributed by atoms with Crippen molar-refractivity contribution in [2.75, 3.05) is 7.11 Å². The van der Waals surface area contributed by atoms with E-state index < -0.39 is 6.04 Å². The van der Waals surface area contributed by atoms with Gasteiger partial charge in [-0.25, -0.2) is 14.3 Å². The number of para-hydroxylation sites is 2. The van der Waals surface area contributed by atoms with Crippen LogP contribution in [0.5, 0.6) is 5.75 Å². The van der Waals surface area contributed by atoms with Gasteiger partial charge in [-0.05, 0) is 35.9 Å². The van der Waals surface area contributed by atoms with Crippen molar-refractivity contribution in [2.45, 2.75) is 24.8 Å². The molecule has 1 N–H and O–H groups in total. The van der Waals surface area contributed by atoms with Crippen LogP contribution in [-0.2, 0) is 21.9 Å². The van der Waals surface area contributed by atoms with E-state index in [1.807, 2.05) is 48.5 Å². The summed E-state index contributed by atoms with van der Waals surface area (Å²) in [5, 5.41) is 3.34. The molecule has 1 atom stereocenters. The van der Waals surface area contributed by atoms with Crippen LogP contribution in [0.25, 0.3) is 0 Å². The predicted molar refractivity (Wildman–Crippen MR) is 138 cm³/mol. The average Bonchev–Trinajstić information content (AvgIpc) is 3.23. The number of aliphatic imine (C=N–C) groups is 2. The fourth-order valence-corrected chi connectivity index (χ4v) is 5.01. The van der Waals surface area contributed by atoms with E-state index in [1.165, 1.54) is 28.8 Å². The molecule has 0 saturated carbocycles. The Bertz CT molecular complexity index is 1370. The molecular formula is C27H23FN4O3S. The van der Waals surface area contributed by atoms with Gasteiger partial charge in [0.15, 0.2) is 5.17 Å². The van der Waals surface area contributed by atoms with Crippen molar-refractivity contribution in [3.63, 3.8) is 0 Å². The van der Waals surface area contributed by atoms with Crippen molar-refractivity contribution in [1.82, 2.24) is 10.2 Å². The number of benzene rings is 3. The van der Waals surface area contributed by atoms with E-state index in [4.69, 9.17) is 9.73 Å². The zero-order valence-electron chi connectivity index (χ0n) is 19.5. The number of amidine groups is 2. The second-order valence-corrected chi connectivity index (χ2v) is 9.20. The molecule has 9 heteroatoms. The monoisotopic (exact) mass is 502 g/mol. The molecular weight excluding hydrogens is 479 g/mol. The molecule has 3 aromatic rings. The Balaban J connectivity index is 1.32. The summed E-state index contributed by atoms with van der Waals surface area (Å²) < 4.78 is 18.6. The number of halogens is 1. The molecule has 5 rings (SSSR count). The van der Waals surface area contributed by atoms with Crippen LogP contribution in [0, 0.1) is 5.82 Å². The predicted octanol–water partition coefficient (Wildman–Crippen LogP) is 4.43. The molecule has 2 aliphatic rings. The van der Waals surface area contributed by atoms with Crippen LogP contribution < -0.4 is 10.1 Å². The van der Waals surface area contributed by atoms with Gasteiger partial charge in [-0.3, -0.25) is 14.6 Å². The van der Waals surface area contributed by atoms with Gasteiger partial charge in [-0.15, -0.1) is 0 Å². The molecule has 36 heavy (non-hydrogen) atoms. The zero-order valence-corrected chi connectivity index (χ0v) is 20.3. The van der Waals surface area contributed by atoms with Crippen LogP contribution in [-0.4, -0.2) is 40.9 Å². The van der Waals surface area contributed by atoms with Crippen LogP contribution in [0.4, 0.5) is 10.1 Å². The van der Waals surface area contributed by atoms with E-state index in [1.54, 1.807) is 19.2 Å². The van der Waals surface area contributed by atoms with E-state index in [-0.39, 0.29) is 30.6 Å². The van der Waals surface area contributed by atoms with E-state index in [0.717, 1.165) is 16.7 Å². The first-order chi connectivity index (χ1) is 17.5. The lowest BCUT2D eigenvalue weighted by Crippen LogP contribution is -2.42. The summed E-state index contributed by atoms with van der Waals surface area (Å²) in [5.74, 6) is 0.801. The molecule has 0 bridgehead atoms. The summed E-state index contributed by atoms with van der Waals surface area (Å²) in [7, 11) is 1.58. The van der Waals surface area contributed by atoms with Gasteiger partial charge in [0.2, 0.25) is 5.91 Å². The molecule has 2 amide bonds. The second-order valence-electron chi connectivity index (χ2n) is 8.26. The Morgan fingerprint density at radius 2 is 1.83 bits per heavy atom. The van der Waals surface area contributed by atoms with Gasteiger partial charge in [0.05, 0.1) is 19.2 Å². The second kappa shape index (κ2) is 10.3. The summed E-state index contributed by atoms with van der Waals surface area (Å²) in [6.07, 6.45) is -0.0773. The molecule has 0 fully saturated rings. The number of rotatable bonds is 7. The molecule has 2 aliphatic heterocycles. The lowest BCUT2D eigenvalue weighted by molar-refractivity contribution is -0.128. The standard InChI is InChI=1S/C27H23FN4O3S/c1-35-23-9-5-2-6-18(23)15-29-24(33)14-22-26(34)32-25(30-22)20-7-3-4-8-21(20)31-27(32)36-16-17-10-12-19(28)13-11-17/h2-13,22H,14-16H2,1H3,(H,29,33)/t22-/m1/s1. The fourth-order valence-electron chi connectivity index (χ4n) is 4.05. The molecule has 3 aromatic carbocycles. The number of hydrogen-bond donors (Lipinski definition) is 1. The number of nitrogens with zero attached hydrogens (tertiary/aromatic N) is 3. The third-order valence-electron chi connectivity index (χ3n) is 5.88. The third-order valence-corrected chi connectivity index (χ3v) is 6.89. The summed E-state index contributed by atoms with van der Waals surface area (Å²) in [6.45, 7) is 0.285. The maximum atomic E-state index is 13.4. The largest absolute Gasteiger partial charge is 0.496 e. The number of ether oxygens (including phenoxy) is 1. The lowest BCUT2D eigenvalue weighted by Gasteiger charge is -2.25. The zero-order chi connectivity index (χ0) is 25.1. The van der Waals surface area contributed by atoms with Gasteiger partial charge in [0.25, 0.3) is 5.91 Å². The summed E-state index contributed by atoms with van der Waals surface area (Å²) >= 11 is 1.37. The molecule has 182 valence electrons. The highest BCUT2D eigenvalue weighted by molar-refractivity contribution is 8.13. The number of fused-ring (bicyclic) bond motifs is 3. The Hall–Kier alpha value is -3.98. The Morgan fingerprint density at radius 3 is 2.64 bits per heavy atom. The SMILES string of the molecule is COc1ccccc1CNC(=O)C[C@H]1N=C2c3ccccc3N=C(SCc3ccc(F)cc3)N2C1=O. The fraction of sp³-hybridized carbons (Fsp3) is 0.185. The van der Waals surface area contributed by atoms with Gasteiger partial charge in [0.1, 0.15) is 23.4 Å². The Labute approximate surface area is 212 Å². The molecule has 0 aromatic heterocycles. The van der Waals surface area contributed by atoms with E-state index in [0.29, 0.717) is 28.2 Å². The quantitative estimate of drug-likeness (QED) is 0.518. The topological polar surface area (TPSA) is 83.4 Å². The number of carbonyl (C=O) groups excluding carboxylic acids is 2. The molecule has 7 nitrogen and oxygen atoms in total. The Morgan fingerprint density at radius 1 is 1.08 bits per heavy atom. The first kappa shape index (κ1) is 23.7. The van der Waals surface area contributed by atoms with Crippen molar-refractivity contribution in [3.05, 3.63) is 95.3 Å². The van der Waals surface area contributed by atoms with Crippen molar-refractivity contribution >= 4 is 40.3 Å². The van der Waals surface area contributed by atoms with Crippen molar-refractivity contribution in [1.29, 1.82) is 0 Å². The van der Waals surface area contributed by atoms with Gasteiger partial charge >= 0.3 is 0 Å². The molecule has 0 saturated heterocycles. The van der Waals surface area contributed by atoms with Crippen molar-refractivity contribution in [3.8, 4) is 5.75 Å². The van der Waals surface area contributed by atoms with Crippen LogP contribution >= 0.6 is 11.8 Å². The van der Waals surface area contributed by atoms with Gasteiger partial charge in [0, 0.05) is 23.4 Å². The normalized spacial score (nSPS) is 16.1.